The number of rotatable bonds is 30. The van der Waals surface area contributed by atoms with Crippen LogP contribution in [0.5, 0.6) is 0 Å². The Balaban J connectivity index is 3.37. The SMILES string of the molecule is CCCCCC=CCC=CCC=CCC=CCCCCOCCCCC=CCC=CCC=CCC=CCCCCC. The summed E-state index contributed by atoms with van der Waals surface area (Å²) in [6.07, 6.45) is 60.4. The Morgan fingerprint density at radius 1 is 0.293 bits per heavy atom. The van der Waals surface area contributed by atoms with Crippen LogP contribution in [0.4, 0.5) is 0 Å². The summed E-state index contributed by atoms with van der Waals surface area (Å²) in [7, 11) is 0. The molecule has 0 fully saturated rings. The van der Waals surface area contributed by atoms with Crippen LogP contribution in [0.1, 0.15) is 142 Å². The van der Waals surface area contributed by atoms with E-state index in [-0.39, 0.29) is 0 Å². The Morgan fingerprint density at radius 2 is 0.537 bits per heavy atom. The predicted molar refractivity (Wildman–Crippen MR) is 188 cm³/mol. The van der Waals surface area contributed by atoms with Crippen molar-refractivity contribution in [3.05, 3.63) is 97.2 Å². The van der Waals surface area contributed by atoms with Crippen molar-refractivity contribution in [2.45, 2.75) is 142 Å². The van der Waals surface area contributed by atoms with Crippen LogP contribution in [-0.4, -0.2) is 13.2 Å². The Labute approximate surface area is 257 Å². The van der Waals surface area contributed by atoms with Crippen LogP contribution in [0.25, 0.3) is 0 Å². The van der Waals surface area contributed by atoms with Crippen LogP contribution in [0, 0.1) is 0 Å². The summed E-state index contributed by atoms with van der Waals surface area (Å²) in [4.78, 5) is 0. The maximum Gasteiger partial charge on any atom is 0.0466 e. The fraction of sp³-hybridized carbons (Fsp3) is 0.600. The van der Waals surface area contributed by atoms with Gasteiger partial charge in [0.2, 0.25) is 0 Å². The zero-order valence-corrected chi connectivity index (χ0v) is 27.2. The zero-order chi connectivity index (χ0) is 29.6. The summed E-state index contributed by atoms with van der Waals surface area (Å²) in [6.45, 7) is 6.31. The van der Waals surface area contributed by atoms with E-state index in [0.29, 0.717) is 0 Å². The third kappa shape index (κ3) is 37.9. The first-order chi connectivity index (χ1) is 20.4. The number of hydrogen-bond donors (Lipinski definition) is 0. The second kappa shape index (κ2) is 37.9. The maximum atomic E-state index is 5.80. The number of ether oxygens (including phenoxy) is 1. The minimum Gasteiger partial charge on any atom is -0.381 e. The molecule has 0 bridgehead atoms. The van der Waals surface area contributed by atoms with E-state index in [1.165, 1.54) is 64.2 Å². The molecule has 0 aromatic heterocycles. The summed E-state index contributed by atoms with van der Waals surface area (Å²) in [5.74, 6) is 0. The summed E-state index contributed by atoms with van der Waals surface area (Å²) in [5.41, 5.74) is 0. The Kier molecular flexibility index (Phi) is 35.9. The highest BCUT2D eigenvalue weighted by atomic mass is 16.5. The largest absolute Gasteiger partial charge is 0.381 e. The van der Waals surface area contributed by atoms with E-state index in [4.69, 9.17) is 4.74 Å². The molecule has 0 radical (unpaired) electrons. The molecule has 0 aromatic carbocycles. The molecule has 0 spiro atoms. The predicted octanol–water partition coefficient (Wildman–Crippen LogP) is 13.3. The lowest BCUT2D eigenvalue weighted by atomic mass is 10.2. The molecule has 0 aliphatic heterocycles. The first-order valence-electron chi connectivity index (χ1n) is 17.2. The van der Waals surface area contributed by atoms with Crippen molar-refractivity contribution in [2.24, 2.45) is 0 Å². The van der Waals surface area contributed by atoms with Crippen molar-refractivity contribution in [1.29, 1.82) is 0 Å². The van der Waals surface area contributed by atoms with Crippen LogP contribution >= 0.6 is 0 Å². The van der Waals surface area contributed by atoms with Crippen LogP contribution < -0.4 is 0 Å². The topological polar surface area (TPSA) is 9.23 Å². The highest BCUT2D eigenvalue weighted by Crippen LogP contribution is 2.04. The number of hydrogen-bond acceptors (Lipinski definition) is 1. The van der Waals surface area contributed by atoms with E-state index < -0.39 is 0 Å². The zero-order valence-electron chi connectivity index (χ0n) is 27.2. The van der Waals surface area contributed by atoms with Gasteiger partial charge in [-0.25, -0.2) is 0 Å². The Bertz CT molecular complexity index is 666. The fourth-order valence-corrected chi connectivity index (χ4v) is 4.16. The molecule has 0 amide bonds. The van der Waals surface area contributed by atoms with Crippen molar-refractivity contribution in [1.82, 2.24) is 0 Å². The van der Waals surface area contributed by atoms with Crippen LogP contribution in [-0.2, 0) is 4.74 Å². The molecule has 0 unspecified atom stereocenters. The first kappa shape index (κ1) is 38.9. The molecule has 0 aliphatic rings. The molecule has 0 atom stereocenters. The molecule has 41 heavy (non-hydrogen) atoms. The van der Waals surface area contributed by atoms with E-state index in [1.54, 1.807) is 0 Å². The summed E-state index contributed by atoms with van der Waals surface area (Å²) in [5, 5.41) is 0. The lowest BCUT2D eigenvalue weighted by Crippen LogP contribution is -1.96. The second-order valence-corrected chi connectivity index (χ2v) is 10.8. The molecule has 232 valence electrons. The minimum absolute atomic E-state index is 0.901. The van der Waals surface area contributed by atoms with Gasteiger partial charge in [-0.2, -0.15) is 0 Å². The molecule has 0 N–H and O–H groups in total. The van der Waals surface area contributed by atoms with Gasteiger partial charge in [-0.1, -0.05) is 137 Å². The van der Waals surface area contributed by atoms with Gasteiger partial charge in [-0.15, -0.1) is 0 Å². The van der Waals surface area contributed by atoms with Crippen molar-refractivity contribution >= 4 is 0 Å². The summed E-state index contributed by atoms with van der Waals surface area (Å²) < 4.78 is 5.80. The van der Waals surface area contributed by atoms with Gasteiger partial charge in [0, 0.05) is 13.2 Å². The van der Waals surface area contributed by atoms with Gasteiger partial charge in [0.05, 0.1) is 0 Å². The van der Waals surface area contributed by atoms with Crippen molar-refractivity contribution < 1.29 is 4.74 Å². The average Bonchev–Trinajstić information content (AvgIpc) is 2.98. The summed E-state index contributed by atoms with van der Waals surface area (Å²) >= 11 is 0. The monoisotopic (exact) mass is 563 g/mol. The molecular weight excluding hydrogens is 496 g/mol. The first-order valence-corrected chi connectivity index (χ1v) is 17.2. The van der Waals surface area contributed by atoms with Gasteiger partial charge in [-0.3, -0.25) is 0 Å². The molecule has 0 heterocycles. The normalized spacial score (nSPS) is 13.1. The average molecular weight is 563 g/mol. The van der Waals surface area contributed by atoms with Gasteiger partial charge in [0.1, 0.15) is 0 Å². The highest BCUT2D eigenvalue weighted by Gasteiger charge is 1.90. The number of allylic oxidation sites excluding steroid dienone is 16. The third-order valence-electron chi connectivity index (χ3n) is 6.73. The van der Waals surface area contributed by atoms with Gasteiger partial charge in [0.25, 0.3) is 0 Å². The summed E-state index contributed by atoms with van der Waals surface area (Å²) in [6, 6.07) is 0. The standard InChI is InChI=1S/C40H66O/c1-3-5-7-9-11-13-15-17-19-21-23-25-27-29-31-33-35-37-39-41-40-38-36-34-32-30-28-26-24-22-20-18-16-14-12-10-8-6-4-2/h11-14,17-20,23-26,29-32H,3-10,15-16,21-22,27-28,33-40H2,1-2H3. The minimum atomic E-state index is 0.901. The van der Waals surface area contributed by atoms with E-state index >= 15 is 0 Å². The Morgan fingerprint density at radius 3 is 0.805 bits per heavy atom. The highest BCUT2D eigenvalue weighted by molar-refractivity contribution is 5.00. The molecule has 0 saturated heterocycles. The Hall–Kier alpha value is -2.12. The van der Waals surface area contributed by atoms with Crippen molar-refractivity contribution in [3.63, 3.8) is 0 Å². The van der Waals surface area contributed by atoms with Gasteiger partial charge in [0.15, 0.2) is 0 Å². The fourth-order valence-electron chi connectivity index (χ4n) is 4.16. The molecule has 0 aromatic rings. The van der Waals surface area contributed by atoms with Crippen molar-refractivity contribution in [3.8, 4) is 0 Å². The lowest BCUT2D eigenvalue weighted by Gasteiger charge is -2.02. The number of unbranched alkanes of at least 4 members (excludes halogenated alkanes) is 10. The smallest absolute Gasteiger partial charge is 0.0466 e. The van der Waals surface area contributed by atoms with E-state index in [2.05, 4.69) is 111 Å². The quantitative estimate of drug-likeness (QED) is 0.0625. The molecule has 1 nitrogen and oxygen atoms in total. The van der Waals surface area contributed by atoms with E-state index in [0.717, 1.165) is 77.4 Å². The third-order valence-corrected chi connectivity index (χ3v) is 6.73. The van der Waals surface area contributed by atoms with E-state index in [9.17, 15) is 0 Å². The molecule has 0 aliphatic carbocycles. The molecule has 1 heteroatoms. The van der Waals surface area contributed by atoms with Crippen LogP contribution in [0.3, 0.4) is 0 Å². The van der Waals surface area contributed by atoms with Gasteiger partial charge >= 0.3 is 0 Å². The van der Waals surface area contributed by atoms with E-state index in [1.807, 2.05) is 0 Å². The second-order valence-electron chi connectivity index (χ2n) is 10.8. The molecule has 0 saturated carbocycles. The van der Waals surface area contributed by atoms with Gasteiger partial charge < -0.3 is 4.74 Å². The molecular formula is C40H66O. The maximum absolute atomic E-state index is 5.80. The van der Waals surface area contributed by atoms with Crippen molar-refractivity contribution in [2.75, 3.05) is 13.2 Å². The van der Waals surface area contributed by atoms with Crippen LogP contribution in [0.15, 0.2) is 97.2 Å². The lowest BCUT2D eigenvalue weighted by molar-refractivity contribution is 0.127. The molecule has 0 rings (SSSR count). The van der Waals surface area contributed by atoms with Crippen LogP contribution in [0.2, 0.25) is 0 Å². The van der Waals surface area contributed by atoms with Gasteiger partial charge in [-0.05, 0) is 103 Å².